The molecule has 3 aromatic rings. The summed E-state index contributed by atoms with van der Waals surface area (Å²) in [5.41, 5.74) is 4.20. The molecular weight excluding hydrogens is 451 g/mol. The number of nitrogens with one attached hydrogen (secondary N) is 1. The van der Waals surface area contributed by atoms with Gasteiger partial charge in [0.25, 0.3) is 5.91 Å². The summed E-state index contributed by atoms with van der Waals surface area (Å²) in [6.07, 6.45) is 2.61. The minimum atomic E-state index is -4.35. The summed E-state index contributed by atoms with van der Waals surface area (Å²) in [5, 5.41) is 2.91. The third kappa shape index (κ3) is 5.55. The zero-order chi connectivity index (χ0) is 25.2. The van der Waals surface area contributed by atoms with Crippen LogP contribution in [0, 0.1) is 18.3 Å². The van der Waals surface area contributed by atoms with Crippen LogP contribution in [0.15, 0.2) is 60.8 Å². The van der Waals surface area contributed by atoms with Gasteiger partial charge in [0, 0.05) is 31.4 Å². The number of benzene rings is 2. The van der Waals surface area contributed by atoms with E-state index < -0.39 is 11.7 Å². The molecular formula is C28H26F3N3O. The van der Waals surface area contributed by atoms with Crippen molar-refractivity contribution in [1.82, 2.24) is 15.2 Å². The molecule has 0 spiro atoms. The highest BCUT2D eigenvalue weighted by Crippen LogP contribution is 2.39. The summed E-state index contributed by atoms with van der Waals surface area (Å²) in [6.45, 7) is 5.61. The van der Waals surface area contributed by atoms with E-state index in [1.54, 1.807) is 6.20 Å². The molecule has 35 heavy (non-hydrogen) atoms. The van der Waals surface area contributed by atoms with Gasteiger partial charge in [-0.1, -0.05) is 44.0 Å². The Balaban J connectivity index is 1.46. The van der Waals surface area contributed by atoms with Crippen LogP contribution in [0.5, 0.6) is 0 Å². The van der Waals surface area contributed by atoms with Crippen LogP contribution < -0.4 is 5.32 Å². The van der Waals surface area contributed by atoms with Gasteiger partial charge < -0.3 is 5.32 Å². The van der Waals surface area contributed by atoms with Crippen LogP contribution in [-0.2, 0) is 25.8 Å². The Bertz CT molecular complexity index is 1240. The maximum atomic E-state index is 12.9. The van der Waals surface area contributed by atoms with Gasteiger partial charge >= 0.3 is 6.18 Å². The van der Waals surface area contributed by atoms with Crippen LogP contribution in [0.2, 0.25) is 0 Å². The van der Waals surface area contributed by atoms with Gasteiger partial charge in [-0.05, 0) is 52.9 Å². The molecule has 1 N–H and O–H groups in total. The summed E-state index contributed by atoms with van der Waals surface area (Å²) in [5.74, 6) is 2.58. The number of hydrogen-bond donors (Lipinski definition) is 1. The van der Waals surface area contributed by atoms with E-state index in [0.29, 0.717) is 25.2 Å². The van der Waals surface area contributed by atoms with Crippen molar-refractivity contribution in [3.05, 3.63) is 99.9 Å². The van der Waals surface area contributed by atoms with E-state index in [2.05, 4.69) is 35.0 Å². The van der Waals surface area contributed by atoms with Crippen molar-refractivity contribution in [2.75, 3.05) is 0 Å². The van der Waals surface area contributed by atoms with Crippen LogP contribution in [0.3, 0.4) is 0 Å². The van der Waals surface area contributed by atoms with Crippen LogP contribution in [0.4, 0.5) is 13.2 Å². The van der Waals surface area contributed by atoms with Crippen LogP contribution in [-0.4, -0.2) is 15.8 Å². The zero-order valence-electron chi connectivity index (χ0n) is 19.6. The molecule has 4 nitrogen and oxygen atoms in total. The van der Waals surface area contributed by atoms with Crippen molar-refractivity contribution in [1.29, 1.82) is 0 Å². The molecule has 1 aliphatic heterocycles. The van der Waals surface area contributed by atoms with Crippen molar-refractivity contribution in [3.63, 3.8) is 0 Å². The van der Waals surface area contributed by atoms with Gasteiger partial charge in [-0.15, -0.1) is 6.42 Å². The number of hydrogen-bond acceptors (Lipinski definition) is 3. The van der Waals surface area contributed by atoms with E-state index in [1.165, 1.54) is 12.1 Å². The molecule has 4 rings (SSSR count). The predicted octanol–water partition coefficient (Wildman–Crippen LogP) is 5.72. The largest absolute Gasteiger partial charge is 0.416 e. The first kappa shape index (κ1) is 24.5. The summed E-state index contributed by atoms with van der Waals surface area (Å²) in [7, 11) is 0. The van der Waals surface area contributed by atoms with Crippen molar-refractivity contribution < 1.29 is 18.0 Å². The van der Waals surface area contributed by atoms with E-state index in [0.717, 1.165) is 40.1 Å². The number of nitrogens with zero attached hydrogens (tertiary/aromatic N) is 2. The van der Waals surface area contributed by atoms with Crippen LogP contribution in [0.1, 0.15) is 63.8 Å². The second-order valence-electron chi connectivity index (χ2n) is 9.08. The van der Waals surface area contributed by atoms with Gasteiger partial charge in [-0.3, -0.25) is 14.7 Å². The third-order valence-electron chi connectivity index (χ3n) is 6.18. The average molecular weight is 478 g/mol. The Hall–Kier alpha value is -3.63. The van der Waals surface area contributed by atoms with Crippen LogP contribution in [0.25, 0.3) is 0 Å². The van der Waals surface area contributed by atoms with Gasteiger partial charge in [0.1, 0.15) is 0 Å². The maximum absolute atomic E-state index is 12.9. The molecule has 1 aromatic heterocycles. The van der Waals surface area contributed by atoms with Crippen LogP contribution >= 0.6 is 0 Å². The van der Waals surface area contributed by atoms with Crippen molar-refractivity contribution in [3.8, 4) is 12.3 Å². The molecule has 2 heterocycles. The highest BCUT2D eigenvalue weighted by atomic mass is 19.4. The molecule has 1 amide bonds. The Morgan fingerprint density at radius 3 is 2.40 bits per heavy atom. The Kier molecular flexibility index (Phi) is 6.95. The number of aromatic nitrogens is 1. The number of pyridine rings is 1. The summed E-state index contributed by atoms with van der Waals surface area (Å²) in [4.78, 5) is 19.6. The topological polar surface area (TPSA) is 45.2 Å². The third-order valence-corrected chi connectivity index (χ3v) is 6.18. The van der Waals surface area contributed by atoms with Gasteiger partial charge in [0.15, 0.2) is 0 Å². The predicted molar refractivity (Wildman–Crippen MR) is 128 cm³/mol. The highest BCUT2D eigenvalue weighted by Gasteiger charge is 2.35. The quantitative estimate of drug-likeness (QED) is 0.462. The number of halogens is 3. The van der Waals surface area contributed by atoms with E-state index in [4.69, 9.17) is 6.42 Å². The van der Waals surface area contributed by atoms with E-state index in [-0.39, 0.29) is 17.9 Å². The Morgan fingerprint density at radius 2 is 1.80 bits per heavy atom. The van der Waals surface area contributed by atoms with Crippen molar-refractivity contribution in [2.45, 2.75) is 45.7 Å². The second kappa shape index (κ2) is 9.93. The number of carbonyl (C=O) groups is 1. The van der Waals surface area contributed by atoms with Crippen molar-refractivity contribution in [2.24, 2.45) is 5.92 Å². The molecule has 0 saturated heterocycles. The fraction of sp³-hybridized carbons (Fsp3) is 0.286. The molecule has 7 heteroatoms. The summed E-state index contributed by atoms with van der Waals surface area (Å²) < 4.78 is 38.7. The SMILES string of the molecule is C#Cc1ccc(CNC(=O)c2cnc3c(c2)CN(Cc2ccc(C(F)(F)F)cc2)[C@H]3C(C)C)cc1. The fourth-order valence-electron chi connectivity index (χ4n) is 4.46. The fourth-order valence-corrected chi connectivity index (χ4v) is 4.46. The summed E-state index contributed by atoms with van der Waals surface area (Å²) in [6, 6.07) is 14.6. The number of terminal acetylenes is 1. The number of rotatable bonds is 6. The lowest BCUT2D eigenvalue weighted by Crippen LogP contribution is -2.25. The van der Waals surface area contributed by atoms with Gasteiger partial charge in [-0.25, -0.2) is 0 Å². The second-order valence-corrected chi connectivity index (χ2v) is 9.08. The number of fused-ring (bicyclic) bond motifs is 1. The molecule has 0 aliphatic carbocycles. The molecule has 1 aliphatic rings. The molecule has 0 unspecified atom stereocenters. The number of alkyl halides is 3. The highest BCUT2D eigenvalue weighted by molar-refractivity contribution is 5.94. The first-order chi connectivity index (χ1) is 16.7. The monoisotopic (exact) mass is 477 g/mol. The molecule has 180 valence electrons. The van der Waals surface area contributed by atoms with Gasteiger partial charge in [-0.2, -0.15) is 13.2 Å². The normalized spacial score (nSPS) is 15.6. The minimum Gasteiger partial charge on any atom is -0.348 e. The molecule has 0 bridgehead atoms. The maximum Gasteiger partial charge on any atom is 0.416 e. The smallest absolute Gasteiger partial charge is 0.348 e. The zero-order valence-corrected chi connectivity index (χ0v) is 19.6. The summed E-state index contributed by atoms with van der Waals surface area (Å²) >= 11 is 0. The molecule has 0 fully saturated rings. The Labute approximate surface area is 203 Å². The average Bonchev–Trinajstić information content (AvgIpc) is 3.19. The molecule has 2 aromatic carbocycles. The molecule has 1 atom stereocenters. The first-order valence-corrected chi connectivity index (χ1v) is 11.4. The van der Waals surface area contributed by atoms with Gasteiger partial charge in [0.2, 0.25) is 0 Å². The number of amides is 1. The molecule has 0 saturated carbocycles. The van der Waals surface area contributed by atoms with E-state index in [9.17, 15) is 18.0 Å². The number of carbonyl (C=O) groups excluding carboxylic acids is 1. The lowest BCUT2D eigenvalue weighted by Gasteiger charge is -2.27. The lowest BCUT2D eigenvalue weighted by molar-refractivity contribution is -0.137. The Morgan fingerprint density at radius 1 is 1.14 bits per heavy atom. The minimum absolute atomic E-state index is 0.0130. The standard InChI is InChI=1S/C28H26F3N3O/c1-4-19-5-7-20(8-6-19)14-33-27(35)22-13-23-17-34(26(18(2)3)25(23)32-15-22)16-21-9-11-24(12-10-21)28(29,30)31/h1,5-13,15,18,26H,14,16-17H2,2-3H3,(H,33,35)/t26-/m0/s1. The first-order valence-electron chi connectivity index (χ1n) is 11.4. The molecule has 0 radical (unpaired) electrons. The van der Waals surface area contributed by atoms with Crippen molar-refractivity contribution >= 4 is 5.91 Å². The lowest BCUT2D eigenvalue weighted by atomic mass is 9.99. The van der Waals surface area contributed by atoms with E-state index >= 15 is 0 Å². The van der Waals surface area contributed by atoms with Gasteiger partial charge in [0.05, 0.1) is 22.9 Å². The van der Waals surface area contributed by atoms with E-state index in [1.807, 2.05) is 30.3 Å².